The summed E-state index contributed by atoms with van der Waals surface area (Å²) in [5.74, 6) is -2.05. The predicted molar refractivity (Wildman–Crippen MR) is 79.7 cm³/mol. The number of carbonyl (C=O) groups excluding carboxylic acids is 1. The standard InChI is InChI=1S/C14H17FN4O4/c1-14(2,3)23-13(22)17-11(12(20)21)6-8-4-5-9(18-19-16)7-10(8)15/h4-5,7,11H,6H2,1-3H3,(H,17,22)(H,20,21)/t11-/m1/s1. The number of carboxylic acid groups (broad SMARTS) is 1. The van der Waals surface area contributed by atoms with Gasteiger partial charge in [-0.3, -0.25) is 0 Å². The third-order valence-electron chi connectivity index (χ3n) is 2.61. The van der Waals surface area contributed by atoms with E-state index < -0.39 is 29.5 Å². The van der Waals surface area contributed by atoms with Gasteiger partial charge >= 0.3 is 12.1 Å². The Morgan fingerprint density at radius 3 is 2.61 bits per heavy atom. The summed E-state index contributed by atoms with van der Waals surface area (Å²) in [5, 5.41) is 14.6. The molecule has 1 rings (SSSR count). The van der Waals surface area contributed by atoms with E-state index in [2.05, 4.69) is 15.3 Å². The predicted octanol–water partition coefficient (Wildman–Crippen LogP) is 3.29. The maximum atomic E-state index is 13.9. The molecular formula is C14H17FN4O4. The summed E-state index contributed by atoms with van der Waals surface area (Å²) in [6.45, 7) is 4.91. The second kappa shape index (κ2) is 7.46. The molecule has 0 aliphatic rings. The molecule has 0 saturated heterocycles. The molecule has 2 N–H and O–H groups in total. The number of aliphatic carboxylic acids is 1. The molecule has 0 heterocycles. The van der Waals surface area contributed by atoms with Crippen molar-refractivity contribution in [2.45, 2.75) is 38.8 Å². The molecule has 0 spiro atoms. The van der Waals surface area contributed by atoms with E-state index in [0.29, 0.717) is 0 Å². The molecule has 0 aromatic heterocycles. The Kier molecular flexibility index (Phi) is 5.92. The Bertz CT molecular complexity index is 651. The molecule has 8 nitrogen and oxygen atoms in total. The fourth-order valence-corrected chi connectivity index (χ4v) is 1.69. The zero-order valence-electron chi connectivity index (χ0n) is 12.9. The van der Waals surface area contributed by atoms with Gasteiger partial charge in [0.25, 0.3) is 0 Å². The number of hydrogen-bond donors (Lipinski definition) is 2. The Balaban J connectivity index is 2.86. The molecule has 124 valence electrons. The molecule has 0 aliphatic heterocycles. The van der Waals surface area contributed by atoms with Gasteiger partial charge in [-0.1, -0.05) is 17.2 Å². The summed E-state index contributed by atoms with van der Waals surface area (Å²) in [4.78, 5) is 25.4. The minimum absolute atomic E-state index is 0.0605. The van der Waals surface area contributed by atoms with Gasteiger partial charge in [-0.05, 0) is 37.9 Å². The van der Waals surface area contributed by atoms with Crippen LogP contribution in [0.3, 0.4) is 0 Å². The van der Waals surface area contributed by atoms with E-state index in [-0.39, 0.29) is 17.7 Å². The van der Waals surface area contributed by atoms with Crippen molar-refractivity contribution in [2.24, 2.45) is 5.11 Å². The van der Waals surface area contributed by atoms with Crippen molar-refractivity contribution in [2.75, 3.05) is 0 Å². The molecule has 0 fully saturated rings. The number of halogens is 1. The monoisotopic (exact) mass is 324 g/mol. The van der Waals surface area contributed by atoms with E-state index in [0.717, 1.165) is 6.07 Å². The molecule has 1 amide bonds. The quantitative estimate of drug-likeness (QED) is 0.489. The van der Waals surface area contributed by atoms with Gasteiger partial charge in [0, 0.05) is 17.0 Å². The summed E-state index contributed by atoms with van der Waals surface area (Å²) in [6, 6.07) is 2.28. The van der Waals surface area contributed by atoms with Crippen LogP contribution in [0.15, 0.2) is 23.3 Å². The van der Waals surface area contributed by atoms with Gasteiger partial charge in [-0.2, -0.15) is 0 Å². The number of benzene rings is 1. The van der Waals surface area contributed by atoms with Gasteiger partial charge in [0.2, 0.25) is 0 Å². The Labute approximate surface area is 131 Å². The molecular weight excluding hydrogens is 307 g/mol. The zero-order chi connectivity index (χ0) is 17.6. The van der Waals surface area contributed by atoms with Crippen molar-refractivity contribution >= 4 is 17.7 Å². The van der Waals surface area contributed by atoms with Gasteiger partial charge in [0.15, 0.2) is 0 Å². The maximum absolute atomic E-state index is 13.9. The zero-order valence-corrected chi connectivity index (χ0v) is 12.9. The lowest BCUT2D eigenvalue weighted by atomic mass is 10.0. The van der Waals surface area contributed by atoms with E-state index in [1.807, 2.05) is 0 Å². The second-order valence-corrected chi connectivity index (χ2v) is 5.71. The highest BCUT2D eigenvalue weighted by atomic mass is 19.1. The first kappa shape index (κ1) is 18.2. The van der Waals surface area contributed by atoms with Crippen LogP contribution >= 0.6 is 0 Å². The highest BCUT2D eigenvalue weighted by Crippen LogP contribution is 2.19. The summed E-state index contributed by atoms with van der Waals surface area (Å²) in [6.07, 6.45) is -1.19. The number of nitrogens with one attached hydrogen (secondary N) is 1. The molecule has 1 atom stereocenters. The van der Waals surface area contributed by atoms with Crippen molar-refractivity contribution in [3.8, 4) is 0 Å². The smallest absolute Gasteiger partial charge is 0.408 e. The van der Waals surface area contributed by atoms with Crippen LogP contribution in [-0.4, -0.2) is 28.8 Å². The van der Waals surface area contributed by atoms with Gasteiger partial charge < -0.3 is 15.2 Å². The summed E-state index contributed by atoms with van der Waals surface area (Å²) >= 11 is 0. The van der Waals surface area contributed by atoms with E-state index >= 15 is 0 Å². The summed E-state index contributed by atoms with van der Waals surface area (Å²) < 4.78 is 18.9. The number of hydrogen-bond acceptors (Lipinski definition) is 4. The first-order chi connectivity index (χ1) is 10.6. The number of alkyl carbamates (subject to hydrolysis) is 1. The van der Waals surface area contributed by atoms with Gasteiger partial charge in [0.1, 0.15) is 17.5 Å². The fraction of sp³-hybridized carbons (Fsp3) is 0.429. The van der Waals surface area contributed by atoms with Crippen molar-refractivity contribution < 1.29 is 23.8 Å². The summed E-state index contributed by atoms with van der Waals surface area (Å²) in [7, 11) is 0. The number of azide groups is 1. The van der Waals surface area contributed by atoms with E-state index in [4.69, 9.17) is 15.4 Å². The van der Waals surface area contributed by atoms with E-state index in [1.165, 1.54) is 12.1 Å². The molecule has 0 radical (unpaired) electrons. The SMILES string of the molecule is CC(C)(C)OC(=O)N[C@H](Cc1ccc(N=[N+]=[N-])cc1F)C(=O)O. The molecule has 1 aromatic carbocycles. The Hall–Kier alpha value is -2.80. The first-order valence-corrected chi connectivity index (χ1v) is 6.68. The summed E-state index contributed by atoms with van der Waals surface area (Å²) in [5.41, 5.74) is 7.64. The molecule has 1 aromatic rings. The number of nitrogens with zero attached hydrogens (tertiary/aromatic N) is 3. The highest BCUT2D eigenvalue weighted by Gasteiger charge is 2.25. The number of rotatable bonds is 5. The lowest BCUT2D eigenvalue weighted by molar-refractivity contribution is -0.139. The number of carboxylic acids is 1. The van der Waals surface area contributed by atoms with Crippen LogP contribution in [0, 0.1) is 5.82 Å². The maximum Gasteiger partial charge on any atom is 0.408 e. The third-order valence-corrected chi connectivity index (χ3v) is 2.61. The van der Waals surface area contributed by atoms with Crippen LogP contribution in [0.1, 0.15) is 26.3 Å². The van der Waals surface area contributed by atoms with Gasteiger partial charge in [-0.25, -0.2) is 14.0 Å². The van der Waals surface area contributed by atoms with Crippen LogP contribution in [0.2, 0.25) is 0 Å². The molecule has 23 heavy (non-hydrogen) atoms. The minimum Gasteiger partial charge on any atom is -0.480 e. The van der Waals surface area contributed by atoms with Crippen LogP contribution in [0.25, 0.3) is 10.4 Å². The third kappa shape index (κ3) is 6.23. The minimum atomic E-state index is -1.36. The number of carbonyl (C=O) groups is 2. The van der Waals surface area contributed by atoms with Crippen LogP contribution in [0.5, 0.6) is 0 Å². The molecule has 0 saturated carbocycles. The number of ether oxygens (including phenoxy) is 1. The largest absolute Gasteiger partial charge is 0.480 e. The molecule has 9 heteroatoms. The Morgan fingerprint density at radius 1 is 1.48 bits per heavy atom. The van der Waals surface area contributed by atoms with Crippen LogP contribution in [-0.2, 0) is 16.0 Å². The number of amides is 1. The molecule has 0 unspecified atom stereocenters. The second-order valence-electron chi connectivity index (χ2n) is 5.71. The van der Waals surface area contributed by atoms with Crippen molar-refractivity contribution in [1.29, 1.82) is 0 Å². The van der Waals surface area contributed by atoms with Crippen LogP contribution in [0.4, 0.5) is 14.9 Å². The molecule has 0 aliphatic carbocycles. The van der Waals surface area contributed by atoms with Crippen molar-refractivity contribution in [3.63, 3.8) is 0 Å². The first-order valence-electron chi connectivity index (χ1n) is 6.68. The van der Waals surface area contributed by atoms with Gasteiger partial charge in [0.05, 0.1) is 0 Å². The van der Waals surface area contributed by atoms with Gasteiger partial charge in [-0.15, -0.1) is 0 Å². The highest BCUT2D eigenvalue weighted by molar-refractivity contribution is 5.80. The topological polar surface area (TPSA) is 124 Å². The van der Waals surface area contributed by atoms with Crippen molar-refractivity contribution in [3.05, 3.63) is 40.0 Å². The normalized spacial score (nSPS) is 12.0. The lowest BCUT2D eigenvalue weighted by Crippen LogP contribution is -2.44. The lowest BCUT2D eigenvalue weighted by Gasteiger charge is -2.22. The van der Waals surface area contributed by atoms with Crippen molar-refractivity contribution in [1.82, 2.24) is 5.32 Å². The average molecular weight is 324 g/mol. The fourth-order valence-electron chi connectivity index (χ4n) is 1.69. The molecule has 0 bridgehead atoms. The Morgan fingerprint density at radius 2 is 2.13 bits per heavy atom. The van der Waals surface area contributed by atoms with E-state index in [9.17, 15) is 14.0 Å². The average Bonchev–Trinajstić information content (AvgIpc) is 2.38. The van der Waals surface area contributed by atoms with Crippen LogP contribution < -0.4 is 5.32 Å². The van der Waals surface area contributed by atoms with E-state index in [1.54, 1.807) is 20.8 Å².